The van der Waals surface area contributed by atoms with Gasteiger partial charge in [0.15, 0.2) is 11.5 Å². The number of anilines is 2. The van der Waals surface area contributed by atoms with Crippen LogP contribution in [-0.4, -0.2) is 39.7 Å². The van der Waals surface area contributed by atoms with Gasteiger partial charge in [0.05, 0.1) is 32.9 Å². The van der Waals surface area contributed by atoms with E-state index in [2.05, 4.69) is 5.32 Å². The van der Waals surface area contributed by atoms with Crippen molar-refractivity contribution in [3.63, 3.8) is 0 Å². The summed E-state index contributed by atoms with van der Waals surface area (Å²) in [6.07, 6.45) is 0.112. The Kier molecular flexibility index (Phi) is 7.40. The van der Waals surface area contributed by atoms with Gasteiger partial charge in [-0.25, -0.2) is 0 Å². The van der Waals surface area contributed by atoms with Crippen LogP contribution in [0.15, 0.2) is 66.7 Å². The van der Waals surface area contributed by atoms with Crippen LogP contribution in [0.2, 0.25) is 0 Å². The predicted molar refractivity (Wildman–Crippen MR) is 132 cm³/mol. The second-order valence-corrected chi connectivity index (χ2v) is 8.08. The van der Waals surface area contributed by atoms with Gasteiger partial charge in [0.1, 0.15) is 12.4 Å². The summed E-state index contributed by atoms with van der Waals surface area (Å²) in [5.41, 5.74) is 2.30. The Hall–Kier alpha value is -4.20. The molecular weight excluding hydrogens is 448 g/mol. The average Bonchev–Trinajstić information content (AvgIpc) is 3.29. The largest absolute Gasteiger partial charge is 0.493 e. The first-order valence-corrected chi connectivity index (χ1v) is 11.2. The van der Waals surface area contributed by atoms with Crippen LogP contribution in [0.25, 0.3) is 0 Å². The highest BCUT2D eigenvalue weighted by Crippen LogP contribution is 2.42. The average molecular weight is 477 g/mol. The van der Waals surface area contributed by atoms with E-state index in [1.54, 1.807) is 41.3 Å². The zero-order chi connectivity index (χ0) is 24.8. The molecule has 2 amide bonds. The number of nitrogens with one attached hydrogen (secondary N) is 1. The van der Waals surface area contributed by atoms with Crippen molar-refractivity contribution in [1.29, 1.82) is 0 Å². The predicted octanol–water partition coefficient (Wildman–Crippen LogP) is 4.28. The number of benzene rings is 3. The van der Waals surface area contributed by atoms with E-state index in [9.17, 15) is 9.59 Å². The molecule has 0 aromatic heterocycles. The fourth-order valence-corrected chi connectivity index (χ4v) is 3.98. The third-order valence-electron chi connectivity index (χ3n) is 5.83. The summed E-state index contributed by atoms with van der Waals surface area (Å²) in [6, 6.07) is 20.5. The van der Waals surface area contributed by atoms with E-state index in [1.807, 2.05) is 30.3 Å². The summed E-state index contributed by atoms with van der Waals surface area (Å²) >= 11 is 0. The number of amides is 2. The van der Waals surface area contributed by atoms with Gasteiger partial charge in [0.2, 0.25) is 17.6 Å². The van der Waals surface area contributed by atoms with Crippen LogP contribution < -0.4 is 29.2 Å². The maximum atomic E-state index is 12.9. The molecule has 1 aliphatic heterocycles. The van der Waals surface area contributed by atoms with Crippen molar-refractivity contribution in [2.24, 2.45) is 5.92 Å². The number of hydrogen-bond donors (Lipinski definition) is 1. The number of ether oxygens (including phenoxy) is 4. The third-order valence-corrected chi connectivity index (χ3v) is 5.83. The summed E-state index contributed by atoms with van der Waals surface area (Å²) in [5.74, 6) is 1.17. The topological polar surface area (TPSA) is 86.3 Å². The highest BCUT2D eigenvalue weighted by Gasteiger charge is 2.36. The molecule has 35 heavy (non-hydrogen) atoms. The monoisotopic (exact) mass is 476 g/mol. The van der Waals surface area contributed by atoms with Gasteiger partial charge in [-0.2, -0.15) is 0 Å². The summed E-state index contributed by atoms with van der Waals surface area (Å²) in [7, 11) is 4.55. The van der Waals surface area contributed by atoms with Crippen LogP contribution in [0.1, 0.15) is 12.0 Å². The lowest BCUT2D eigenvalue weighted by atomic mass is 10.1. The van der Waals surface area contributed by atoms with E-state index in [0.717, 1.165) is 5.56 Å². The van der Waals surface area contributed by atoms with E-state index < -0.39 is 5.92 Å². The van der Waals surface area contributed by atoms with Crippen molar-refractivity contribution >= 4 is 23.2 Å². The second-order valence-electron chi connectivity index (χ2n) is 8.08. The van der Waals surface area contributed by atoms with Crippen molar-refractivity contribution < 1.29 is 28.5 Å². The Morgan fingerprint density at radius 3 is 2.20 bits per heavy atom. The molecule has 3 aromatic carbocycles. The van der Waals surface area contributed by atoms with Crippen LogP contribution in [0.5, 0.6) is 23.0 Å². The van der Waals surface area contributed by atoms with Gasteiger partial charge in [-0.15, -0.1) is 0 Å². The SMILES string of the molecule is COc1cc(N2CC(C(=O)Nc3ccc(OCc4ccccc4)cc3)CC2=O)cc(OC)c1OC. The Morgan fingerprint density at radius 1 is 0.943 bits per heavy atom. The van der Waals surface area contributed by atoms with Crippen molar-refractivity contribution in [2.45, 2.75) is 13.0 Å². The van der Waals surface area contributed by atoms with Gasteiger partial charge in [-0.1, -0.05) is 30.3 Å². The quantitative estimate of drug-likeness (QED) is 0.496. The summed E-state index contributed by atoms with van der Waals surface area (Å²) in [6.45, 7) is 0.717. The van der Waals surface area contributed by atoms with Crippen LogP contribution in [0.3, 0.4) is 0 Å². The molecule has 1 fully saturated rings. The highest BCUT2D eigenvalue weighted by molar-refractivity contribution is 6.03. The van der Waals surface area contributed by atoms with Gasteiger partial charge < -0.3 is 29.2 Å². The molecule has 8 heteroatoms. The smallest absolute Gasteiger partial charge is 0.229 e. The molecule has 0 radical (unpaired) electrons. The molecule has 182 valence electrons. The van der Waals surface area contributed by atoms with E-state index in [4.69, 9.17) is 18.9 Å². The molecule has 1 N–H and O–H groups in total. The maximum Gasteiger partial charge on any atom is 0.229 e. The molecule has 4 rings (SSSR count). The molecule has 1 unspecified atom stereocenters. The minimum Gasteiger partial charge on any atom is -0.493 e. The van der Waals surface area contributed by atoms with Crippen LogP contribution >= 0.6 is 0 Å². The second kappa shape index (κ2) is 10.8. The highest BCUT2D eigenvalue weighted by atomic mass is 16.5. The number of nitrogens with zero attached hydrogens (tertiary/aromatic N) is 1. The Bertz CT molecular complexity index is 1160. The fraction of sp³-hybridized carbons (Fsp3) is 0.259. The number of methoxy groups -OCH3 is 3. The lowest BCUT2D eigenvalue weighted by Crippen LogP contribution is -2.28. The lowest BCUT2D eigenvalue weighted by Gasteiger charge is -2.20. The first-order chi connectivity index (χ1) is 17.0. The zero-order valence-corrected chi connectivity index (χ0v) is 19.9. The van der Waals surface area contributed by atoms with Crippen molar-refractivity contribution in [2.75, 3.05) is 38.1 Å². The van der Waals surface area contributed by atoms with Crippen molar-refractivity contribution in [3.8, 4) is 23.0 Å². The molecule has 0 saturated carbocycles. The molecule has 1 atom stereocenters. The molecular formula is C27H28N2O6. The van der Waals surface area contributed by atoms with Gasteiger partial charge in [0.25, 0.3) is 0 Å². The minimum atomic E-state index is -0.490. The van der Waals surface area contributed by atoms with E-state index >= 15 is 0 Å². The van der Waals surface area contributed by atoms with Crippen LogP contribution in [-0.2, 0) is 16.2 Å². The first kappa shape index (κ1) is 23.9. The number of rotatable bonds is 9. The molecule has 0 bridgehead atoms. The molecule has 0 aliphatic carbocycles. The molecule has 1 aliphatic rings. The normalized spacial score (nSPS) is 15.0. The number of carbonyl (C=O) groups is 2. The first-order valence-electron chi connectivity index (χ1n) is 11.2. The third kappa shape index (κ3) is 5.48. The number of carbonyl (C=O) groups excluding carboxylic acids is 2. The summed E-state index contributed by atoms with van der Waals surface area (Å²) in [5, 5.41) is 2.90. The Morgan fingerprint density at radius 2 is 1.60 bits per heavy atom. The van der Waals surface area contributed by atoms with Crippen LogP contribution in [0.4, 0.5) is 11.4 Å². The zero-order valence-electron chi connectivity index (χ0n) is 19.9. The fourth-order valence-electron chi connectivity index (χ4n) is 3.98. The van der Waals surface area contributed by atoms with E-state index in [1.165, 1.54) is 21.3 Å². The van der Waals surface area contributed by atoms with Gasteiger partial charge in [-0.3, -0.25) is 9.59 Å². The van der Waals surface area contributed by atoms with E-state index in [0.29, 0.717) is 41.0 Å². The minimum absolute atomic E-state index is 0.112. The Labute approximate surface area is 204 Å². The van der Waals surface area contributed by atoms with Gasteiger partial charge >= 0.3 is 0 Å². The Balaban J connectivity index is 1.38. The summed E-state index contributed by atoms with van der Waals surface area (Å²) in [4.78, 5) is 27.2. The molecule has 0 spiro atoms. The van der Waals surface area contributed by atoms with Gasteiger partial charge in [-0.05, 0) is 29.8 Å². The lowest BCUT2D eigenvalue weighted by molar-refractivity contribution is -0.122. The summed E-state index contributed by atoms with van der Waals surface area (Å²) < 4.78 is 21.9. The van der Waals surface area contributed by atoms with Crippen molar-refractivity contribution in [1.82, 2.24) is 0 Å². The number of hydrogen-bond acceptors (Lipinski definition) is 6. The maximum absolute atomic E-state index is 12.9. The van der Waals surface area contributed by atoms with Crippen molar-refractivity contribution in [3.05, 3.63) is 72.3 Å². The van der Waals surface area contributed by atoms with Crippen LogP contribution in [0, 0.1) is 5.92 Å². The molecule has 1 saturated heterocycles. The van der Waals surface area contributed by atoms with E-state index in [-0.39, 0.29) is 24.8 Å². The molecule has 3 aromatic rings. The molecule has 8 nitrogen and oxygen atoms in total. The van der Waals surface area contributed by atoms with Gasteiger partial charge in [0, 0.05) is 30.8 Å². The standard InChI is InChI=1S/C27H28N2O6/c1-32-23-14-21(15-24(33-2)26(23)34-3)29-16-19(13-25(29)30)27(31)28-20-9-11-22(12-10-20)35-17-18-7-5-4-6-8-18/h4-12,14-15,19H,13,16-17H2,1-3H3,(H,28,31). The molecule has 1 heterocycles.